The maximum absolute atomic E-state index is 3.56. The van der Waals surface area contributed by atoms with Crippen molar-refractivity contribution in [3.05, 3.63) is 0 Å². The lowest BCUT2D eigenvalue weighted by Crippen LogP contribution is -2.67. The molecule has 1 aliphatic rings. The maximum atomic E-state index is 3.56. The summed E-state index contributed by atoms with van der Waals surface area (Å²) in [5.74, 6) is 0.701. The molecule has 1 N–H and O–H groups in total. The van der Waals surface area contributed by atoms with Crippen LogP contribution in [0.5, 0.6) is 0 Å². The molecule has 0 saturated carbocycles. The molecule has 1 aliphatic heterocycles. The van der Waals surface area contributed by atoms with E-state index in [4.69, 9.17) is 0 Å². The summed E-state index contributed by atoms with van der Waals surface area (Å²) in [6, 6.07) is 1.22. The quantitative estimate of drug-likeness (QED) is 0.778. The van der Waals surface area contributed by atoms with Gasteiger partial charge in [0.2, 0.25) is 0 Å². The molecular weight excluding hydrogens is 196 g/mol. The molecule has 0 bridgehead atoms. The number of rotatable bonds is 2. The Morgan fingerprint density at radius 2 is 1.69 bits per heavy atom. The molecule has 0 aliphatic carbocycles. The van der Waals surface area contributed by atoms with Gasteiger partial charge in [-0.3, -0.25) is 0 Å². The van der Waals surface area contributed by atoms with Crippen molar-refractivity contribution in [2.45, 2.75) is 53.6 Å². The first-order chi connectivity index (χ1) is 7.14. The molecule has 0 radical (unpaired) electrons. The van der Waals surface area contributed by atoms with Crippen molar-refractivity contribution in [3.8, 4) is 0 Å². The summed E-state index contributed by atoms with van der Waals surface area (Å²) < 4.78 is 0. The van der Waals surface area contributed by atoms with Crippen LogP contribution in [0.3, 0.4) is 0 Å². The summed E-state index contributed by atoms with van der Waals surface area (Å²) in [6.45, 7) is 15.4. The van der Waals surface area contributed by atoms with Gasteiger partial charge in [-0.05, 0) is 30.8 Å². The lowest BCUT2D eigenvalue weighted by atomic mass is 9.60. The molecule has 1 rings (SSSR count). The Balaban J connectivity index is 3.10. The van der Waals surface area contributed by atoms with Crippen molar-refractivity contribution in [2.75, 3.05) is 20.6 Å². The lowest BCUT2D eigenvalue weighted by Gasteiger charge is -2.58. The van der Waals surface area contributed by atoms with Gasteiger partial charge >= 0.3 is 0 Å². The van der Waals surface area contributed by atoms with E-state index in [1.807, 2.05) is 0 Å². The predicted octanol–water partition coefficient (Wildman–Crippen LogP) is 2.60. The van der Waals surface area contributed by atoms with Crippen LogP contribution in [0.2, 0.25) is 0 Å². The highest BCUT2D eigenvalue weighted by Crippen LogP contribution is 2.45. The van der Waals surface area contributed by atoms with Gasteiger partial charge in [0.15, 0.2) is 0 Å². The van der Waals surface area contributed by atoms with E-state index in [-0.39, 0.29) is 0 Å². The summed E-state index contributed by atoms with van der Waals surface area (Å²) in [5.41, 5.74) is 0.637. The van der Waals surface area contributed by atoms with E-state index in [1.165, 1.54) is 6.54 Å². The molecule has 96 valence electrons. The van der Waals surface area contributed by atoms with Crippen LogP contribution in [0.4, 0.5) is 0 Å². The molecule has 2 atom stereocenters. The van der Waals surface area contributed by atoms with Gasteiger partial charge < -0.3 is 10.2 Å². The van der Waals surface area contributed by atoms with Crippen LogP contribution in [0.1, 0.15) is 41.5 Å². The van der Waals surface area contributed by atoms with Gasteiger partial charge in [-0.1, -0.05) is 41.5 Å². The molecular formula is C14H30N2. The van der Waals surface area contributed by atoms with Gasteiger partial charge in [0.1, 0.15) is 0 Å². The maximum Gasteiger partial charge on any atom is 0.0194 e. The van der Waals surface area contributed by atoms with E-state index >= 15 is 0 Å². The molecule has 1 fully saturated rings. The molecule has 1 heterocycles. The number of nitrogens with one attached hydrogen (secondary N) is 1. The molecule has 16 heavy (non-hydrogen) atoms. The first kappa shape index (κ1) is 14.0. The Kier molecular flexibility index (Phi) is 3.76. The second kappa shape index (κ2) is 4.30. The highest BCUT2D eigenvalue weighted by molar-refractivity contribution is 5.06. The Morgan fingerprint density at radius 3 is 2.06 bits per heavy atom. The zero-order valence-corrected chi connectivity index (χ0v) is 12.4. The minimum absolute atomic E-state index is 0.305. The van der Waals surface area contributed by atoms with Crippen molar-refractivity contribution < 1.29 is 0 Å². The van der Waals surface area contributed by atoms with Crippen molar-refractivity contribution in [3.63, 3.8) is 0 Å². The fraction of sp³-hybridized carbons (Fsp3) is 1.00. The molecule has 2 heteroatoms. The molecule has 1 saturated heterocycles. The van der Waals surface area contributed by atoms with Crippen LogP contribution < -0.4 is 5.32 Å². The fourth-order valence-electron chi connectivity index (χ4n) is 4.71. The number of likely N-dealkylation sites (tertiary alicyclic amines) is 1. The first-order valence-electron chi connectivity index (χ1n) is 6.52. The molecule has 2 unspecified atom stereocenters. The third-order valence-corrected chi connectivity index (χ3v) is 4.34. The van der Waals surface area contributed by atoms with Gasteiger partial charge in [0.05, 0.1) is 0 Å². The minimum Gasteiger partial charge on any atom is -0.316 e. The van der Waals surface area contributed by atoms with E-state index in [0.717, 1.165) is 0 Å². The van der Waals surface area contributed by atoms with E-state index in [2.05, 4.69) is 65.9 Å². The summed E-state index contributed by atoms with van der Waals surface area (Å²) in [5, 5.41) is 3.56. The summed E-state index contributed by atoms with van der Waals surface area (Å²) >= 11 is 0. The molecule has 0 spiro atoms. The van der Waals surface area contributed by atoms with Crippen molar-refractivity contribution in [1.82, 2.24) is 10.2 Å². The van der Waals surface area contributed by atoms with E-state index in [9.17, 15) is 0 Å². The van der Waals surface area contributed by atoms with Crippen LogP contribution in [0.15, 0.2) is 0 Å². The third kappa shape index (κ3) is 2.14. The van der Waals surface area contributed by atoms with Gasteiger partial charge in [0, 0.05) is 18.6 Å². The van der Waals surface area contributed by atoms with Crippen LogP contribution in [-0.2, 0) is 0 Å². The van der Waals surface area contributed by atoms with E-state index in [0.29, 0.717) is 28.8 Å². The second-order valence-corrected chi connectivity index (χ2v) is 7.14. The Bertz CT molecular complexity index is 239. The first-order valence-corrected chi connectivity index (χ1v) is 6.52. The second-order valence-electron chi connectivity index (χ2n) is 7.14. The molecule has 2 nitrogen and oxygen atoms in total. The van der Waals surface area contributed by atoms with Gasteiger partial charge in [0.25, 0.3) is 0 Å². The predicted molar refractivity (Wildman–Crippen MR) is 71.7 cm³/mol. The Morgan fingerprint density at radius 1 is 1.19 bits per heavy atom. The molecule has 0 aromatic rings. The normalized spacial score (nSPS) is 34.3. The smallest absolute Gasteiger partial charge is 0.0194 e. The van der Waals surface area contributed by atoms with Gasteiger partial charge in [-0.15, -0.1) is 0 Å². The van der Waals surface area contributed by atoms with Crippen molar-refractivity contribution in [1.29, 1.82) is 0 Å². The average Bonchev–Trinajstić information content (AvgIpc) is 1.97. The minimum atomic E-state index is 0.305. The average molecular weight is 226 g/mol. The topological polar surface area (TPSA) is 15.3 Å². The third-order valence-electron chi connectivity index (χ3n) is 4.34. The van der Waals surface area contributed by atoms with Crippen molar-refractivity contribution >= 4 is 0 Å². The number of hydrogen-bond acceptors (Lipinski definition) is 2. The van der Waals surface area contributed by atoms with Crippen molar-refractivity contribution in [2.24, 2.45) is 16.7 Å². The highest BCUT2D eigenvalue weighted by Gasteiger charge is 2.51. The number of hydrogen-bond donors (Lipinski definition) is 1. The monoisotopic (exact) mass is 226 g/mol. The summed E-state index contributed by atoms with van der Waals surface area (Å²) in [6.07, 6.45) is 0. The zero-order chi connectivity index (χ0) is 12.7. The fourth-order valence-corrected chi connectivity index (χ4v) is 4.71. The van der Waals surface area contributed by atoms with Crippen LogP contribution >= 0.6 is 0 Å². The largest absolute Gasteiger partial charge is 0.316 e. The summed E-state index contributed by atoms with van der Waals surface area (Å²) in [7, 11) is 4.39. The highest BCUT2D eigenvalue weighted by atomic mass is 15.2. The number of nitrogens with zero attached hydrogens (tertiary/aromatic N) is 1. The van der Waals surface area contributed by atoms with Crippen LogP contribution in [-0.4, -0.2) is 37.6 Å². The van der Waals surface area contributed by atoms with Gasteiger partial charge in [-0.2, -0.15) is 0 Å². The van der Waals surface area contributed by atoms with Gasteiger partial charge in [-0.25, -0.2) is 0 Å². The Hall–Kier alpha value is -0.0800. The van der Waals surface area contributed by atoms with Crippen LogP contribution in [0.25, 0.3) is 0 Å². The summed E-state index contributed by atoms with van der Waals surface area (Å²) in [4.78, 5) is 2.55. The standard InChI is InChI=1S/C14H30N2/c1-10(2)11-14(5,6)12(15-7)13(3,4)9-16(11)8/h10-12,15H,9H2,1-8H3. The number of piperidine rings is 1. The molecule has 0 aromatic heterocycles. The lowest BCUT2D eigenvalue weighted by molar-refractivity contribution is -0.0670. The molecule has 0 aromatic carbocycles. The van der Waals surface area contributed by atoms with Crippen LogP contribution in [0, 0.1) is 16.7 Å². The SMILES string of the molecule is CNC1C(C)(C)CN(C)C(C(C)C)C1(C)C. The molecule has 0 amide bonds. The zero-order valence-electron chi connectivity index (χ0n) is 12.4. The van der Waals surface area contributed by atoms with E-state index in [1.54, 1.807) is 0 Å². The Labute approximate surface area is 102 Å². The van der Waals surface area contributed by atoms with E-state index < -0.39 is 0 Å².